The van der Waals surface area contributed by atoms with Gasteiger partial charge >= 0.3 is 0 Å². The molecular weight excluding hydrogens is 159 g/mol. The molecule has 0 aliphatic heterocycles. The lowest BCUT2D eigenvalue weighted by Crippen LogP contribution is -2.29. The topological polar surface area (TPSA) is 9.23 Å². The second-order valence-electron chi connectivity index (χ2n) is 4.89. The molecule has 0 saturated carbocycles. The minimum absolute atomic E-state index is 0.371. The van der Waals surface area contributed by atoms with Crippen LogP contribution in [0, 0.1) is 11.8 Å². The van der Waals surface area contributed by atoms with Gasteiger partial charge in [0.15, 0.2) is 0 Å². The second kappa shape index (κ2) is 5.69. The molecule has 0 spiro atoms. The van der Waals surface area contributed by atoms with Crippen LogP contribution < -0.4 is 0 Å². The van der Waals surface area contributed by atoms with E-state index >= 15 is 0 Å². The Morgan fingerprint density at radius 1 is 0.846 bits per heavy atom. The van der Waals surface area contributed by atoms with Crippen molar-refractivity contribution in [2.75, 3.05) is 0 Å². The minimum atomic E-state index is 0.371. The van der Waals surface area contributed by atoms with Gasteiger partial charge in [-0.1, -0.05) is 41.4 Å². The standard InChI is InChI=1S/C11H25BO/c1-8(2)10(5)12(7)13-11(6)9(3)4/h8-11H,1-7H3. The predicted octanol–water partition coefficient (Wildman–Crippen LogP) is 3.71. The third-order valence-electron chi connectivity index (χ3n) is 3.16. The van der Waals surface area contributed by atoms with Gasteiger partial charge in [-0.3, -0.25) is 0 Å². The van der Waals surface area contributed by atoms with Crippen molar-refractivity contribution in [1.82, 2.24) is 0 Å². The van der Waals surface area contributed by atoms with E-state index < -0.39 is 0 Å². The van der Waals surface area contributed by atoms with Crippen LogP contribution in [0.2, 0.25) is 12.6 Å². The maximum Gasteiger partial charge on any atom is 0.293 e. The Bertz CT molecular complexity index is 134. The zero-order valence-corrected chi connectivity index (χ0v) is 10.3. The normalized spacial score (nSPS) is 16.4. The number of hydrogen-bond donors (Lipinski definition) is 0. The Kier molecular flexibility index (Phi) is 5.70. The first-order valence-corrected chi connectivity index (χ1v) is 5.51. The van der Waals surface area contributed by atoms with E-state index in [2.05, 4.69) is 48.4 Å². The van der Waals surface area contributed by atoms with Crippen LogP contribution in [0.3, 0.4) is 0 Å². The first kappa shape index (κ1) is 13.0. The van der Waals surface area contributed by atoms with Crippen molar-refractivity contribution in [3.8, 4) is 0 Å². The predicted molar refractivity (Wildman–Crippen MR) is 61.3 cm³/mol. The van der Waals surface area contributed by atoms with E-state index in [0.29, 0.717) is 30.7 Å². The minimum Gasteiger partial charge on any atom is -0.433 e. The fourth-order valence-corrected chi connectivity index (χ4v) is 1.16. The molecule has 2 unspecified atom stereocenters. The Balaban J connectivity index is 3.92. The molecule has 0 rings (SSSR count). The molecule has 0 heterocycles. The molecule has 0 fully saturated rings. The van der Waals surface area contributed by atoms with E-state index in [1.807, 2.05) is 0 Å². The first-order chi connectivity index (χ1) is 5.86. The highest BCUT2D eigenvalue weighted by Gasteiger charge is 2.23. The maximum atomic E-state index is 5.93. The summed E-state index contributed by atoms with van der Waals surface area (Å²) in [6, 6.07) is 0. The van der Waals surface area contributed by atoms with Gasteiger partial charge in [0.05, 0.1) is 0 Å². The molecule has 0 bridgehead atoms. The van der Waals surface area contributed by atoms with Crippen molar-refractivity contribution < 1.29 is 4.65 Å². The van der Waals surface area contributed by atoms with Gasteiger partial charge in [0.2, 0.25) is 0 Å². The van der Waals surface area contributed by atoms with Gasteiger partial charge in [0, 0.05) is 6.10 Å². The largest absolute Gasteiger partial charge is 0.433 e. The molecule has 0 radical (unpaired) electrons. The third-order valence-corrected chi connectivity index (χ3v) is 3.16. The average Bonchev–Trinajstić information content (AvgIpc) is 2.02. The molecule has 0 amide bonds. The van der Waals surface area contributed by atoms with E-state index in [-0.39, 0.29) is 0 Å². The Hall–Kier alpha value is 0.0249. The van der Waals surface area contributed by atoms with Crippen LogP contribution in [-0.4, -0.2) is 13.0 Å². The van der Waals surface area contributed by atoms with E-state index in [9.17, 15) is 0 Å². The molecule has 2 atom stereocenters. The van der Waals surface area contributed by atoms with Gasteiger partial charge in [-0.2, -0.15) is 0 Å². The third kappa shape index (κ3) is 4.71. The lowest BCUT2D eigenvalue weighted by atomic mass is 9.55. The number of rotatable bonds is 5. The van der Waals surface area contributed by atoms with Crippen LogP contribution in [0.15, 0.2) is 0 Å². The summed E-state index contributed by atoms with van der Waals surface area (Å²) in [5, 5.41) is 0. The Morgan fingerprint density at radius 2 is 1.31 bits per heavy atom. The van der Waals surface area contributed by atoms with E-state index in [1.165, 1.54) is 0 Å². The lowest BCUT2D eigenvalue weighted by Gasteiger charge is -2.26. The van der Waals surface area contributed by atoms with E-state index in [4.69, 9.17) is 4.65 Å². The maximum absolute atomic E-state index is 5.93. The number of hydrogen-bond acceptors (Lipinski definition) is 1. The molecule has 0 aromatic carbocycles. The molecule has 13 heavy (non-hydrogen) atoms. The summed E-state index contributed by atoms with van der Waals surface area (Å²) >= 11 is 0. The quantitative estimate of drug-likeness (QED) is 0.591. The summed E-state index contributed by atoms with van der Waals surface area (Å²) in [4.78, 5) is 0. The lowest BCUT2D eigenvalue weighted by molar-refractivity contribution is 0.165. The summed E-state index contributed by atoms with van der Waals surface area (Å²) in [5.74, 6) is 1.96. The average molecular weight is 184 g/mol. The molecule has 1 nitrogen and oxygen atoms in total. The van der Waals surface area contributed by atoms with Gasteiger partial charge in [0.25, 0.3) is 6.92 Å². The van der Waals surface area contributed by atoms with Crippen LogP contribution >= 0.6 is 0 Å². The summed E-state index contributed by atoms with van der Waals surface area (Å²) in [6.07, 6.45) is 0.371. The van der Waals surface area contributed by atoms with Crippen molar-refractivity contribution >= 4 is 6.92 Å². The second-order valence-corrected chi connectivity index (χ2v) is 4.89. The molecule has 0 aliphatic rings. The van der Waals surface area contributed by atoms with Gasteiger partial charge < -0.3 is 4.65 Å². The van der Waals surface area contributed by atoms with Gasteiger partial charge in [-0.25, -0.2) is 0 Å². The molecule has 0 N–H and O–H groups in total. The van der Waals surface area contributed by atoms with Crippen LogP contribution in [-0.2, 0) is 4.65 Å². The van der Waals surface area contributed by atoms with Gasteiger partial charge in [-0.05, 0) is 24.6 Å². The summed E-state index contributed by atoms with van der Waals surface area (Å²) in [5.41, 5.74) is 0. The van der Waals surface area contributed by atoms with Crippen LogP contribution in [0.4, 0.5) is 0 Å². The molecule has 78 valence electrons. The van der Waals surface area contributed by atoms with Crippen molar-refractivity contribution in [2.45, 2.75) is 60.3 Å². The van der Waals surface area contributed by atoms with Crippen LogP contribution in [0.25, 0.3) is 0 Å². The summed E-state index contributed by atoms with van der Waals surface area (Å²) in [7, 11) is 0. The molecule has 0 aliphatic carbocycles. The molecule has 0 aromatic rings. The fourth-order valence-electron chi connectivity index (χ4n) is 1.16. The SMILES string of the molecule is CB(OC(C)C(C)C)C(C)C(C)C. The highest BCUT2D eigenvalue weighted by molar-refractivity contribution is 6.52. The fraction of sp³-hybridized carbons (Fsp3) is 1.00. The van der Waals surface area contributed by atoms with Crippen molar-refractivity contribution in [3.63, 3.8) is 0 Å². The summed E-state index contributed by atoms with van der Waals surface area (Å²) in [6.45, 7) is 15.9. The van der Waals surface area contributed by atoms with Crippen molar-refractivity contribution in [3.05, 3.63) is 0 Å². The molecule has 2 heteroatoms. The zero-order chi connectivity index (χ0) is 10.6. The molecule has 0 saturated heterocycles. The van der Waals surface area contributed by atoms with E-state index in [0.717, 1.165) is 0 Å². The monoisotopic (exact) mass is 184 g/mol. The van der Waals surface area contributed by atoms with Crippen molar-refractivity contribution in [2.24, 2.45) is 11.8 Å². The first-order valence-electron chi connectivity index (χ1n) is 5.51. The molecule has 0 aromatic heterocycles. The van der Waals surface area contributed by atoms with Gasteiger partial charge in [-0.15, -0.1) is 0 Å². The smallest absolute Gasteiger partial charge is 0.293 e. The van der Waals surface area contributed by atoms with Crippen LogP contribution in [0.1, 0.15) is 41.5 Å². The van der Waals surface area contributed by atoms with Gasteiger partial charge in [0.1, 0.15) is 0 Å². The Morgan fingerprint density at radius 3 is 1.62 bits per heavy atom. The molecular formula is C11H25BO. The highest BCUT2D eigenvalue weighted by atomic mass is 16.4. The van der Waals surface area contributed by atoms with E-state index in [1.54, 1.807) is 0 Å². The zero-order valence-electron chi connectivity index (χ0n) is 10.3. The van der Waals surface area contributed by atoms with Crippen LogP contribution in [0.5, 0.6) is 0 Å². The van der Waals surface area contributed by atoms with Crippen molar-refractivity contribution in [1.29, 1.82) is 0 Å². The highest BCUT2D eigenvalue weighted by Crippen LogP contribution is 2.22. The Labute approximate surface area is 84.4 Å². The summed E-state index contributed by atoms with van der Waals surface area (Å²) < 4.78 is 5.93.